The number of carbonyl (C=O) groups is 1. The molecule has 0 saturated heterocycles. The van der Waals surface area contributed by atoms with E-state index in [9.17, 15) is 20.3 Å². The predicted octanol–water partition coefficient (Wildman–Crippen LogP) is 1.35. The number of nitrogens with zero attached hydrogens (tertiary/aromatic N) is 2. The number of aromatic hydroxyl groups is 1. The van der Waals surface area contributed by atoms with Gasteiger partial charge in [0.2, 0.25) is 0 Å². The van der Waals surface area contributed by atoms with E-state index >= 15 is 0 Å². The van der Waals surface area contributed by atoms with Gasteiger partial charge < -0.3 is 15.5 Å². The van der Waals surface area contributed by atoms with Gasteiger partial charge in [-0.15, -0.1) is 9.46 Å². The van der Waals surface area contributed by atoms with Crippen LogP contribution in [0.25, 0.3) is 11.0 Å². The molecule has 0 amide bonds. The molecule has 6 nitrogen and oxygen atoms in total. The molecule has 0 saturated carbocycles. The lowest BCUT2D eigenvalue weighted by molar-refractivity contribution is -0.635. The van der Waals surface area contributed by atoms with Gasteiger partial charge in [0, 0.05) is 17.2 Å². The van der Waals surface area contributed by atoms with Gasteiger partial charge in [0.1, 0.15) is 0 Å². The van der Waals surface area contributed by atoms with Gasteiger partial charge >= 0.3 is 11.6 Å². The monoisotopic (exact) mass is 296 g/mol. The number of carbonyl (C=O) groups excluding carboxylic acids is 1. The fourth-order valence-corrected chi connectivity index (χ4v) is 2.40. The maximum Gasteiger partial charge on any atom is 0.457 e. The minimum absolute atomic E-state index is 0.0343. The summed E-state index contributed by atoms with van der Waals surface area (Å²) in [6.45, 7) is 1.65. The van der Waals surface area contributed by atoms with E-state index in [1.54, 1.807) is 37.3 Å². The minimum Gasteiger partial charge on any atom is -0.617 e. The van der Waals surface area contributed by atoms with E-state index in [4.69, 9.17) is 0 Å². The van der Waals surface area contributed by atoms with Gasteiger partial charge in [0.05, 0.1) is 0 Å². The lowest BCUT2D eigenvalue weighted by Crippen LogP contribution is -2.44. The summed E-state index contributed by atoms with van der Waals surface area (Å²) < 4.78 is 0.524. The van der Waals surface area contributed by atoms with Crippen LogP contribution in [0.2, 0.25) is 0 Å². The molecular weight excluding hydrogens is 284 g/mol. The van der Waals surface area contributed by atoms with Crippen LogP contribution in [-0.4, -0.2) is 10.9 Å². The van der Waals surface area contributed by atoms with Gasteiger partial charge in [-0.05, 0) is 6.92 Å². The van der Waals surface area contributed by atoms with Crippen LogP contribution < -0.4 is 9.46 Å². The van der Waals surface area contributed by atoms with Crippen molar-refractivity contribution in [2.45, 2.75) is 6.92 Å². The lowest BCUT2D eigenvalue weighted by atomic mass is 10.1. The van der Waals surface area contributed by atoms with Crippen molar-refractivity contribution in [2.75, 3.05) is 0 Å². The van der Waals surface area contributed by atoms with E-state index in [1.165, 1.54) is 18.2 Å². The summed E-state index contributed by atoms with van der Waals surface area (Å²) in [6.07, 6.45) is 0. The number of ketones is 1. The normalized spacial score (nSPS) is 10.8. The van der Waals surface area contributed by atoms with Crippen LogP contribution in [0.15, 0.2) is 48.5 Å². The Kier molecular flexibility index (Phi) is 3.14. The van der Waals surface area contributed by atoms with Crippen molar-refractivity contribution in [3.8, 4) is 5.88 Å². The highest BCUT2D eigenvalue weighted by Gasteiger charge is 2.34. The van der Waals surface area contributed by atoms with Crippen LogP contribution in [0.5, 0.6) is 5.88 Å². The molecule has 0 atom stereocenters. The molecule has 0 unspecified atom stereocenters. The average Bonchev–Trinajstić information content (AvgIpc) is 2.53. The van der Waals surface area contributed by atoms with E-state index in [0.717, 1.165) is 0 Å². The molecule has 0 radical (unpaired) electrons. The molecule has 2 aromatic carbocycles. The van der Waals surface area contributed by atoms with Crippen molar-refractivity contribution < 1.29 is 19.4 Å². The van der Waals surface area contributed by atoms with Crippen molar-refractivity contribution in [2.24, 2.45) is 0 Å². The molecule has 110 valence electrons. The Morgan fingerprint density at radius 1 is 1.00 bits per heavy atom. The van der Waals surface area contributed by atoms with E-state index in [2.05, 4.69) is 0 Å². The molecule has 3 aromatic rings. The lowest BCUT2D eigenvalue weighted by Gasteiger charge is -2.10. The summed E-state index contributed by atoms with van der Waals surface area (Å²) >= 11 is 0. The fraction of sp³-hybridized carbons (Fsp3) is 0.0625. The molecule has 1 N–H and O–H groups in total. The van der Waals surface area contributed by atoms with Gasteiger partial charge in [-0.2, -0.15) is 0 Å². The molecule has 0 aliphatic rings. The summed E-state index contributed by atoms with van der Waals surface area (Å²) in [6, 6.07) is 12.7. The van der Waals surface area contributed by atoms with Crippen molar-refractivity contribution in [3.05, 3.63) is 75.8 Å². The summed E-state index contributed by atoms with van der Waals surface area (Å²) in [5, 5.41) is 34.7. The van der Waals surface area contributed by atoms with Crippen LogP contribution in [0.3, 0.4) is 0 Å². The smallest absolute Gasteiger partial charge is 0.457 e. The molecule has 6 heteroatoms. The van der Waals surface area contributed by atoms with E-state index < -0.39 is 17.4 Å². The summed E-state index contributed by atoms with van der Waals surface area (Å²) in [4.78, 5) is 12.4. The maximum atomic E-state index is 12.5. The first-order valence-corrected chi connectivity index (χ1v) is 6.59. The van der Waals surface area contributed by atoms with E-state index in [-0.39, 0.29) is 21.3 Å². The molecule has 1 heterocycles. The van der Waals surface area contributed by atoms with Crippen LogP contribution in [0.4, 0.5) is 0 Å². The third-order valence-corrected chi connectivity index (χ3v) is 3.50. The van der Waals surface area contributed by atoms with Crippen LogP contribution in [-0.2, 0) is 0 Å². The standard InChI is InChI=1S/C16H12N2O4/c1-10-6-5-9-12-13(10)18(22)16(20)14(17(12)21)15(19)11-7-3-2-4-8-11/h2-9,20H,1H3. The summed E-state index contributed by atoms with van der Waals surface area (Å²) in [7, 11) is 0. The largest absolute Gasteiger partial charge is 0.617 e. The van der Waals surface area contributed by atoms with Crippen molar-refractivity contribution in [1.82, 2.24) is 0 Å². The Hall–Kier alpha value is -3.15. The number of hydrogen-bond donors (Lipinski definition) is 1. The number of fused-ring (bicyclic) bond motifs is 1. The van der Waals surface area contributed by atoms with Gasteiger partial charge in [0.15, 0.2) is 0 Å². The topological polar surface area (TPSA) is 91.2 Å². The molecule has 0 aliphatic carbocycles. The number of benzene rings is 2. The summed E-state index contributed by atoms with van der Waals surface area (Å²) in [5.41, 5.74) is 0.242. The highest BCUT2D eigenvalue weighted by atomic mass is 16.5. The highest BCUT2D eigenvalue weighted by molar-refractivity contribution is 6.08. The molecule has 0 spiro atoms. The Morgan fingerprint density at radius 2 is 1.68 bits per heavy atom. The molecule has 1 aromatic heterocycles. The third-order valence-electron chi connectivity index (χ3n) is 3.50. The first kappa shape index (κ1) is 13.8. The zero-order valence-electron chi connectivity index (χ0n) is 11.7. The van der Waals surface area contributed by atoms with E-state index in [1.807, 2.05) is 0 Å². The number of para-hydroxylation sites is 1. The third kappa shape index (κ3) is 1.93. The van der Waals surface area contributed by atoms with Crippen molar-refractivity contribution in [3.63, 3.8) is 0 Å². The Bertz CT molecular complexity index is 892. The van der Waals surface area contributed by atoms with Crippen LogP contribution in [0.1, 0.15) is 21.6 Å². The zero-order valence-corrected chi connectivity index (χ0v) is 11.7. The molecule has 3 rings (SSSR count). The second kappa shape index (κ2) is 5.00. The second-order valence-corrected chi connectivity index (χ2v) is 4.90. The number of hydrogen-bond acceptors (Lipinski definition) is 4. The Labute approximate surface area is 125 Å². The molecule has 22 heavy (non-hydrogen) atoms. The van der Waals surface area contributed by atoms with Gasteiger partial charge in [0.25, 0.3) is 16.8 Å². The first-order valence-electron chi connectivity index (χ1n) is 6.59. The highest BCUT2D eigenvalue weighted by Crippen LogP contribution is 2.19. The SMILES string of the molecule is Cc1cccc2c1[n+]([O-])c(O)c(C(=O)c1ccccc1)[n+]2[O-]. The summed E-state index contributed by atoms with van der Waals surface area (Å²) in [5.74, 6) is -1.60. The maximum absolute atomic E-state index is 12.5. The molecule has 0 bridgehead atoms. The van der Waals surface area contributed by atoms with Crippen molar-refractivity contribution >= 4 is 16.8 Å². The average molecular weight is 296 g/mol. The number of rotatable bonds is 2. The molecule has 0 aliphatic heterocycles. The Morgan fingerprint density at radius 3 is 2.36 bits per heavy atom. The number of aromatic nitrogens is 2. The minimum atomic E-state index is -0.898. The quantitative estimate of drug-likeness (QED) is 0.439. The van der Waals surface area contributed by atoms with Crippen LogP contribution >= 0.6 is 0 Å². The fourth-order valence-electron chi connectivity index (χ4n) is 2.40. The molecular formula is C16H12N2O4. The predicted molar refractivity (Wildman–Crippen MR) is 78.1 cm³/mol. The first-order chi connectivity index (χ1) is 10.5. The second-order valence-electron chi connectivity index (χ2n) is 4.90. The number of aryl methyl sites for hydroxylation is 1. The van der Waals surface area contributed by atoms with Crippen molar-refractivity contribution in [1.29, 1.82) is 0 Å². The zero-order chi connectivity index (χ0) is 15.9. The van der Waals surface area contributed by atoms with Crippen LogP contribution in [0, 0.1) is 17.3 Å². The van der Waals surface area contributed by atoms with Gasteiger partial charge in [-0.1, -0.05) is 42.5 Å². The van der Waals surface area contributed by atoms with Gasteiger partial charge in [-0.3, -0.25) is 4.79 Å². The van der Waals surface area contributed by atoms with Gasteiger partial charge in [-0.25, -0.2) is 0 Å². The molecule has 0 fully saturated rings. The van der Waals surface area contributed by atoms with E-state index in [0.29, 0.717) is 10.3 Å². The Balaban J connectivity index is 2.34.